The minimum atomic E-state index is -0.195. The lowest BCUT2D eigenvalue weighted by atomic mass is 10.2. The molecule has 3 aromatic rings. The van der Waals surface area contributed by atoms with Gasteiger partial charge in [-0.25, -0.2) is 4.68 Å². The molecule has 0 aliphatic carbocycles. The second kappa shape index (κ2) is 10.3. The molecule has 1 fully saturated rings. The van der Waals surface area contributed by atoms with Crippen molar-refractivity contribution in [1.29, 1.82) is 0 Å². The highest BCUT2D eigenvalue weighted by Crippen LogP contribution is 2.19. The van der Waals surface area contributed by atoms with Crippen LogP contribution >= 0.6 is 0 Å². The predicted octanol–water partition coefficient (Wildman–Crippen LogP) is 4.39. The van der Waals surface area contributed by atoms with E-state index in [0.717, 1.165) is 24.4 Å². The summed E-state index contributed by atoms with van der Waals surface area (Å²) < 4.78 is 12.7. The number of ether oxygens (including phenoxy) is 2. The van der Waals surface area contributed by atoms with Gasteiger partial charge in [-0.15, -0.1) is 0 Å². The zero-order valence-electron chi connectivity index (χ0n) is 18.7. The van der Waals surface area contributed by atoms with E-state index in [0.29, 0.717) is 29.6 Å². The zero-order chi connectivity index (χ0) is 22.3. The van der Waals surface area contributed by atoms with E-state index in [-0.39, 0.29) is 5.91 Å². The van der Waals surface area contributed by atoms with E-state index >= 15 is 0 Å². The first-order valence-corrected chi connectivity index (χ1v) is 11.1. The average molecular weight is 435 g/mol. The fourth-order valence-corrected chi connectivity index (χ4v) is 3.95. The Morgan fingerprint density at radius 1 is 1.12 bits per heavy atom. The number of rotatable bonds is 9. The largest absolute Gasteiger partial charge is 0.497 e. The van der Waals surface area contributed by atoms with E-state index in [9.17, 15) is 4.79 Å². The summed E-state index contributed by atoms with van der Waals surface area (Å²) in [5.41, 5.74) is 2.08. The van der Waals surface area contributed by atoms with Gasteiger partial charge in [-0.3, -0.25) is 4.79 Å². The van der Waals surface area contributed by atoms with Gasteiger partial charge in [-0.2, -0.15) is 5.10 Å². The van der Waals surface area contributed by atoms with Crippen LogP contribution in [0.5, 0.6) is 11.5 Å². The molecule has 0 bridgehead atoms. The van der Waals surface area contributed by atoms with Crippen molar-refractivity contribution in [1.82, 2.24) is 14.7 Å². The highest BCUT2D eigenvalue weighted by molar-refractivity contribution is 6.04. The van der Waals surface area contributed by atoms with Gasteiger partial charge in [0, 0.05) is 18.2 Å². The topological polar surface area (TPSA) is 68.6 Å². The molecule has 1 saturated heterocycles. The summed E-state index contributed by atoms with van der Waals surface area (Å²) in [6, 6.07) is 15.5. The third-order valence-corrected chi connectivity index (χ3v) is 5.84. The van der Waals surface area contributed by atoms with Crippen LogP contribution in [-0.2, 0) is 0 Å². The van der Waals surface area contributed by atoms with E-state index in [1.54, 1.807) is 48.5 Å². The van der Waals surface area contributed by atoms with Gasteiger partial charge in [0.25, 0.3) is 5.91 Å². The van der Waals surface area contributed by atoms with Crippen LogP contribution in [0.4, 0.5) is 5.69 Å². The Morgan fingerprint density at radius 3 is 2.56 bits per heavy atom. The van der Waals surface area contributed by atoms with E-state index in [4.69, 9.17) is 9.47 Å². The van der Waals surface area contributed by atoms with Gasteiger partial charge in [0.05, 0.1) is 37.5 Å². The SMILES string of the molecule is COc1ccc(C(=O)Nc2cnn(-c3ccc(OCCCN4CCCC4C)cc3)c2)cc1. The number of carbonyl (C=O) groups is 1. The van der Waals surface area contributed by atoms with Crippen molar-refractivity contribution in [3.05, 3.63) is 66.5 Å². The number of carbonyl (C=O) groups excluding carboxylic acids is 1. The Kier molecular flexibility index (Phi) is 7.07. The zero-order valence-corrected chi connectivity index (χ0v) is 18.7. The van der Waals surface area contributed by atoms with Crippen molar-refractivity contribution in [2.75, 3.05) is 32.1 Å². The molecule has 1 N–H and O–H groups in total. The fraction of sp³-hybridized carbons (Fsp3) is 0.360. The highest BCUT2D eigenvalue weighted by Gasteiger charge is 2.19. The molecule has 2 heterocycles. The van der Waals surface area contributed by atoms with E-state index in [1.165, 1.54) is 19.4 Å². The molecule has 0 radical (unpaired) electrons. The first-order chi connectivity index (χ1) is 15.6. The third-order valence-electron chi connectivity index (χ3n) is 5.84. The van der Waals surface area contributed by atoms with Gasteiger partial charge in [0.1, 0.15) is 11.5 Å². The maximum Gasteiger partial charge on any atom is 0.255 e. The van der Waals surface area contributed by atoms with Crippen LogP contribution < -0.4 is 14.8 Å². The third kappa shape index (κ3) is 5.48. The summed E-state index contributed by atoms with van der Waals surface area (Å²) in [6.07, 6.45) is 7.06. The van der Waals surface area contributed by atoms with Crippen LogP contribution in [0.15, 0.2) is 60.9 Å². The summed E-state index contributed by atoms with van der Waals surface area (Å²) in [5.74, 6) is 1.37. The number of amides is 1. The van der Waals surface area contributed by atoms with Gasteiger partial charge in [-0.05, 0) is 81.3 Å². The summed E-state index contributed by atoms with van der Waals surface area (Å²) >= 11 is 0. The molecular formula is C25H30N4O3. The van der Waals surface area contributed by atoms with Crippen LogP contribution in [0.3, 0.4) is 0 Å². The van der Waals surface area contributed by atoms with Crippen LogP contribution in [0.2, 0.25) is 0 Å². The minimum Gasteiger partial charge on any atom is -0.497 e. The molecule has 1 amide bonds. The summed E-state index contributed by atoms with van der Waals surface area (Å²) in [5, 5.41) is 7.22. The molecule has 1 aliphatic heterocycles. The molecule has 7 heteroatoms. The second-order valence-electron chi connectivity index (χ2n) is 8.08. The monoisotopic (exact) mass is 434 g/mol. The number of hydrogen-bond donors (Lipinski definition) is 1. The highest BCUT2D eigenvalue weighted by atomic mass is 16.5. The molecule has 0 spiro atoms. The van der Waals surface area contributed by atoms with Crippen molar-refractivity contribution in [3.63, 3.8) is 0 Å². The maximum atomic E-state index is 12.4. The van der Waals surface area contributed by atoms with Gasteiger partial charge in [0.15, 0.2) is 0 Å². The molecular weight excluding hydrogens is 404 g/mol. The van der Waals surface area contributed by atoms with Crippen molar-refractivity contribution in [2.24, 2.45) is 0 Å². The van der Waals surface area contributed by atoms with Gasteiger partial charge in [-0.1, -0.05) is 0 Å². The molecule has 1 aromatic heterocycles. The Hall–Kier alpha value is -3.32. The predicted molar refractivity (Wildman–Crippen MR) is 125 cm³/mol. The van der Waals surface area contributed by atoms with E-state index in [2.05, 4.69) is 22.2 Å². The Balaban J connectivity index is 1.27. The summed E-state index contributed by atoms with van der Waals surface area (Å²) in [4.78, 5) is 15.0. The molecule has 2 aromatic carbocycles. The van der Waals surface area contributed by atoms with Gasteiger partial charge in [0.2, 0.25) is 0 Å². The number of nitrogens with one attached hydrogen (secondary N) is 1. The average Bonchev–Trinajstić information content (AvgIpc) is 3.46. The van der Waals surface area contributed by atoms with E-state index in [1.807, 2.05) is 24.3 Å². The quantitative estimate of drug-likeness (QED) is 0.506. The molecule has 7 nitrogen and oxygen atoms in total. The Bertz CT molecular complexity index is 1010. The van der Waals surface area contributed by atoms with Crippen LogP contribution in [-0.4, -0.2) is 53.4 Å². The molecule has 168 valence electrons. The Morgan fingerprint density at radius 2 is 1.88 bits per heavy atom. The van der Waals surface area contributed by atoms with E-state index < -0.39 is 0 Å². The fourth-order valence-electron chi connectivity index (χ4n) is 3.95. The van der Waals surface area contributed by atoms with Crippen molar-refractivity contribution < 1.29 is 14.3 Å². The maximum absolute atomic E-state index is 12.4. The Labute approximate surface area is 188 Å². The number of benzene rings is 2. The number of aromatic nitrogens is 2. The summed E-state index contributed by atoms with van der Waals surface area (Å²) in [7, 11) is 1.60. The minimum absolute atomic E-state index is 0.195. The molecule has 1 atom stereocenters. The van der Waals surface area contributed by atoms with Crippen LogP contribution in [0.1, 0.15) is 36.5 Å². The van der Waals surface area contributed by atoms with Crippen molar-refractivity contribution in [2.45, 2.75) is 32.2 Å². The summed E-state index contributed by atoms with van der Waals surface area (Å²) in [6.45, 7) is 5.32. The second-order valence-corrected chi connectivity index (χ2v) is 8.08. The lowest BCUT2D eigenvalue weighted by Crippen LogP contribution is -2.28. The molecule has 0 saturated carbocycles. The first kappa shape index (κ1) is 21.9. The smallest absolute Gasteiger partial charge is 0.255 e. The normalized spacial score (nSPS) is 16.1. The lowest BCUT2D eigenvalue weighted by Gasteiger charge is -2.20. The number of hydrogen-bond acceptors (Lipinski definition) is 5. The number of methoxy groups -OCH3 is 1. The molecule has 4 rings (SSSR count). The van der Waals surface area contributed by atoms with Crippen molar-refractivity contribution in [3.8, 4) is 17.2 Å². The van der Waals surface area contributed by atoms with Gasteiger partial charge >= 0.3 is 0 Å². The molecule has 32 heavy (non-hydrogen) atoms. The first-order valence-electron chi connectivity index (χ1n) is 11.1. The standard InChI is InChI=1S/C25H30N4O3/c1-19-5-3-14-28(19)15-4-16-32-24-12-8-22(9-13-24)29-18-21(17-26-29)27-25(30)20-6-10-23(31-2)11-7-20/h6-13,17-19H,3-5,14-16H2,1-2H3,(H,27,30). The molecule has 1 unspecified atom stereocenters. The number of nitrogens with zero attached hydrogens (tertiary/aromatic N) is 3. The number of anilines is 1. The van der Waals surface area contributed by atoms with Crippen LogP contribution in [0, 0.1) is 0 Å². The van der Waals surface area contributed by atoms with Gasteiger partial charge < -0.3 is 19.7 Å². The lowest BCUT2D eigenvalue weighted by molar-refractivity contribution is 0.102. The van der Waals surface area contributed by atoms with Crippen LogP contribution in [0.25, 0.3) is 5.69 Å². The number of likely N-dealkylation sites (tertiary alicyclic amines) is 1. The molecule has 1 aliphatic rings. The van der Waals surface area contributed by atoms with Crippen molar-refractivity contribution >= 4 is 11.6 Å².